The highest BCUT2D eigenvalue weighted by molar-refractivity contribution is 4.97. The Bertz CT molecular complexity index is 256. The molecule has 3 nitrogen and oxygen atoms in total. The molecule has 18 heavy (non-hydrogen) atoms. The minimum absolute atomic E-state index is 0.324. The minimum atomic E-state index is 0.324. The monoisotopic (exact) mass is 253 g/mol. The second-order valence-corrected chi connectivity index (χ2v) is 6.44. The number of nitrogens with two attached hydrogens (primary N) is 1. The topological polar surface area (TPSA) is 32.5 Å². The van der Waals surface area contributed by atoms with Crippen LogP contribution in [0.15, 0.2) is 0 Å². The molecule has 2 fully saturated rings. The van der Waals surface area contributed by atoms with E-state index in [1.807, 2.05) is 0 Å². The van der Waals surface area contributed by atoms with E-state index in [-0.39, 0.29) is 0 Å². The molecule has 1 aliphatic carbocycles. The van der Waals surface area contributed by atoms with E-state index in [1.54, 1.807) is 0 Å². The molecule has 1 heterocycles. The average molecular weight is 253 g/mol. The van der Waals surface area contributed by atoms with Crippen molar-refractivity contribution in [3.63, 3.8) is 0 Å². The van der Waals surface area contributed by atoms with Gasteiger partial charge in [-0.05, 0) is 38.8 Å². The van der Waals surface area contributed by atoms with Crippen LogP contribution in [0.2, 0.25) is 0 Å². The van der Waals surface area contributed by atoms with E-state index in [0.717, 1.165) is 12.5 Å². The van der Waals surface area contributed by atoms with E-state index in [4.69, 9.17) is 5.73 Å². The summed E-state index contributed by atoms with van der Waals surface area (Å²) in [5.41, 5.74) is 6.54. The summed E-state index contributed by atoms with van der Waals surface area (Å²) in [7, 11) is 2.24. The maximum absolute atomic E-state index is 6.22. The summed E-state index contributed by atoms with van der Waals surface area (Å²) in [6, 6.07) is 0. The zero-order valence-corrected chi connectivity index (χ0v) is 12.3. The molecule has 0 spiro atoms. The van der Waals surface area contributed by atoms with Crippen LogP contribution in [0.3, 0.4) is 0 Å². The van der Waals surface area contributed by atoms with Crippen LogP contribution in [0.25, 0.3) is 0 Å². The summed E-state index contributed by atoms with van der Waals surface area (Å²) < 4.78 is 0. The van der Waals surface area contributed by atoms with Crippen LogP contribution < -0.4 is 5.73 Å². The molecule has 2 N–H and O–H groups in total. The predicted molar refractivity (Wildman–Crippen MR) is 77.7 cm³/mol. The fourth-order valence-electron chi connectivity index (χ4n) is 3.93. The van der Waals surface area contributed by atoms with Crippen molar-refractivity contribution in [2.75, 3.05) is 39.8 Å². The second-order valence-electron chi connectivity index (χ2n) is 6.44. The third-order valence-electron chi connectivity index (χ3n) is 5.27. The van der Waals surface area contributed by atoms with Crippen molar-refractivity contribution in [1.82, 2.24) is 9.80 Å². The normalized spacial score (nSPS) is 36.5. The van der Waals surface area contributed by atoms with Gasteiger partial charge in [-0.15, -0.1) is 0 Å². The number of hydrogen-bond acceptors (Lipinski definition) is 3. The van der Waals surface area contributed by atoms with Crippen LogP contribution in [0.1, 0.15) is 45.4 Å². The fourth-order valence-corrected chi connectivity index (χ4v) is 3.93. The van der Waals surface area contributed by atoms with E-state index < -0.39 is 0 Å². The Hall–Kier alpha value is -0.120. The molecule has 2 rings (SSSR count). The van der Waals surface area contributed by atoms with Crippen molar-refractivity contribution in [2.24, 2.45) is 11.7 Å². The zero-order chi connectivity index (χ0) is 13.0. The largest absolute Gasteiger partial charge is 0.329 e. The van der Waals surface area contributed by atoms with E-state index in [2.05, 4.69) is 23.8 Å². The quantitative estimate of drug-likeness (QED) is 0.834. The summed E-state index contributed by atoms with van der Waals surface area (Å²) in [6.07, 6.45) is 8.09. The van der Waals surface area contributed by atoms with Crippen molar-refractivity contribution in [1.29, 1.82) is 0 Å². The Balaban J connectivity index is 2.05. The van der Waals surface area contributed by atoms with Gasteiger partial charge < -0.3 is 10.6 Å². The molecule has 1 saturated heterocycles. The van der Waals surface area contributed by atoms with E-state index in [9.17, 15) is 0 Å². The summed E-state index contributed by atoms with van der Waals surface area (Å²) in [6.45, 7) is 8.11. The third-order valence-corrected chi connectivity index (χ3v) is 5.27. The van der Waals surface area contributed by atoms with Gasteiger partial charge in [0.15, 0.2) is 0 Å². The van der Waals surface area contributed by atoms with Crippen LogP contribution >= 0.6 is 0 Å². The van der Waals surface area contributed by atoms with Crippen LogP contribution in [-0.4, -0.2) is 55.1 Å². The summed E-state index contributed by atoms with van der Waals surface area (Å²) in [5.74, 6) is 0.906. The molecule has 0 bridgehead atoms. The first-order valence-electron chi connectivity index (χ1n) is 7.84. The zero-order valence-electron chi connectivity index (χ0n) is 12.3. The number of hydrogen-bond donors (Lipinski definition) is 1. The van der Waals surface area contributed by atoms with Crippen LogP contribution in [0, 0.1) is 5.92 Å². The molecule has 2 atom stereocenters. The van der Waals surface area contributed by atoms with Crippen molar-refractivity contribution in [3.8, 4) is 0 Å². The van der Waals surface area contributed by atoms with Crippen molar-refractivity contribution in [2.45, 2.75) is 51.0 Å². The summed E-state index contributed by atoms with van der Waals surface area (Å²) in [4.78, 5) is 5.20. The molecular formula is C15H31N3. The lowest BCUT2D eigenvalue weighted by atomic mass is 9.73. The molecule has 0 aromatic heterocycles. The smallest absolute Gasteiger partial charge is 0.0334 e. The van der Waals surface area contributed by atoms with Crippen molar-refractivity contribution in [3.05, 3.63) is 0 Å². The van der Waals surface area contributed by atoms with Crippen molar-refractivity contribution >= 4 is 0 Å². The molecule has 0 aromatic carbocycles. The second kappa shape index (κ2) is 6.36. The first-order chi connectivity index (χ1) is 8.70. The SMILES string of the molecule is CCC1CCCC(CN)(N2CCCN(C)CC2)C1. The number of rotatable bonds is 3. The van der Waals surface area contributed by atoms with Gasteiger partial charge in [0.2, 0.25) is 0 Å². The minimum Gasteiger partial charge on any atom is -0.329 e. The maximum atomic E-state index is 6.22. The van der Waals surface area contributed by atoms with Gasteiger partial charge in [-0.25, -0.2) is 0 Å². The van der Waals surface area contributed by atoms with Gasteiger partial charge in [0.1, 0.15) is 0 Å². The molecule has 1 saturated carbocycles. The summed E-state index contributed by atoms with van der Waals surface area (Å²) >= 11 is 0. The molecule has 0 radical (unpaired) electrons. The average Bonchev–Trinajstić information content (AvgIpc) is 2.64. The molecule has 3 heteroatoms. The molecule has 2 unspecified atom stereocenters. The van der Waals surface area contributed by atoms with E-state index >= 15 is 0 Å². The van der Waals surface area contributed by atoms with Gasteiger partial charge >= 0.3 is 0 Å². The van der Waals surface area contributed by atoms with Gasteiger partial charge in [0, 0.05) is 31.7 Å². The molecule has 0 aromatic rings. The lowest BCUT2D eigenvalue weighted by molar-refractivity contribution is 0.0382. The lowest BCUT2D eigenvalue weighted by Crippen LogP contribution is -2.57. The Kier molecular flexibility index (Phi) is 5.05. The van der Waals surface area contributed by atoms with Gasteiger partial charge in [-0.1, -0.05) is 26.2 Å². The van der Waals surface area contributed by atoms with Gasteiger partial charge in [0.05, 0.1) is 0 Å². The number of likely N-dealkylation sites (N-methyl/N-ethyl adjacent to an activating group) is 1. The molecular weight excluding hydrogens is 222 g/mol. The Morgan fingerprint density at radius 1 is 1.17 bits per heavy atom. The highest BCUT2D eigenvalue weighted by Gasteiger charge is 2.39. The maximum Gasteiger partial charge on any atom is 0.0334 e. The Morgan fingerprint density at radius 2 is 2.00 bits per heavy atom. The first-order valence-corrected chi connectivity index (χ1v) is 7.84. The molecule has 0 amide bonds. The Morgan fingerprint density at radius 3 is 2.72 bits per heavy atom. The van der Waals surface area contributed by atoms with E-state index in [1.165, 1.54) is 64.7 Å². The first kappa shape index (κ1) is 14.3. The van der Waals surface area contributed by atoms with E-state index in [0.29, 0.717) is 5.54 Å². The van der Waals surface area contributed by atoms with Crippen molar-refractivity contribution < 1.29 is 0 Å². The van der Waals surface area contributed by atoms with Gasteiger partial charge in [0.25, 0.3) is 0 Å². The molecule has 106 valence electrons. The predicted octanol–water partition coefficient (Wildman–Crippen LogP) is 1.92. The van der Waals surface area contributed by atoms with Crippen LogP contribution in [-0.2, 0) is 0 Å². The highest BCUT2D eigenvalue weighted by Crippen LogP contribution is 2.38. The standard InChI is InChI=1S/C15H31N3/c1-3-14-6-4-7-15(12-14,13-16)18-9-5-8-17(2)10-11-18/h14H,3-13,16H2,1-2H3. The summed E-state index contributed by atoms with van der Waals surface area (Å²) in [5, 5.41) is 0. The van der Waals surface area contributed by atoms with Crippen LogP contribution in [0.4, 0.5) is 0 Å². The fraction of sp³-hybridized carbons (Fsp3) is 1.00. The Labute approximate surface area is 113 Å². The van der Waals surface area contributed by atoms with Crippen LogP contribution in [0.5, 0.6) is 0 Å². The number of nitrogens with zero attached hydrogens (tertiary/aromatic N) is 2. The molecule has 2 aliphatic rings. The third kappa shape index (κ3) is 3.06. The van der Waals surface area contributed by atoms with Gasteiger partial charge in [-0.2, -0.15) is 0 Å². The lowest BCUT2D eigenvalue weighted by Gasteiger charge is -2.48. The highest BCUT2D eigenvalue weighted by atomic mass is 15.3. The molecule has 1 aliphatic heterocycles. The van der Waals surface area contributed by atoms with Gasteiger partial charge in [-0.3, -0.25) is 4.90 Å².